The van der Waals surface area contributed by atoms with Crippen molar-refractivity contribution in [3.8, 4) is 0 Å². The van der Waals surface area contributed by atoms with Gasteiger partial charge in [0.15, 0.2) is 0 Å². The highest BCUT2D eigenvalue weighted by molar-refractivity contribution is 7.12. The number of nitrogens with one attached hydrogen (secondary N) is 1. The summed E-state index contributed by atoms with van der Waals surface area (Å²) in [5, 5.41) is 4.86. The molecule has 15 heavy (non-hydrogen) atoms. The Labute approximate surface area is 99.6 Å². The molecule has 1 amide bonds. The average Bonchev–Trinajstić information content (AvgIpc) is 2.61. The number of hydrogen-bond donors (Lipinski definition) is 1. The molecule has 2 nitrogen and oxygen atoms in total. The zero-order chi connectivity index (χ0) is 11.3. The number of rotatable bonds is 5. The van der Waals surface area contributed by atoms with E-state index in [2.05, 4.69) is 12.2 Å². The molecule has 1 unspecified atom stereocenters. The number of carbonyl (C=O) groups excluding carboxylic acids is 1. The maximum absolute atomic E-state index is 11.7. The molecule has 0 saturated heterocycles. The molecule has 1 atom stereocenters. The Bertz CT molecular complexity index is 324. The monoisotopic (exact) mass is 245 g/mol. The van der Waals surface area contributed by atoms with Crippen LogP contribution in [0.1, 0.15) is 28.6 Å². The second-order valence-electron chi connectivity index (χ2n) is 3.73. The van der Waals surface area contributed by atoms with Gasteiger partial charge in [-0.05, 0) is 36.3 Å². The van der Waals surface area contributed by atoms with E-state index in [4.69, 9.17) is 11.6 Å². The molecule has 0 fully saturated rings. The smallest absolute Gasteiger partial charge is 0.261 e. The van der Waals surface area contributed by atoms with Crippen LogP contribution in [0.15, 0.2) is 11.4 Å². The lowest BCUT2D eigenvalue weighted by molar-refractivity contribution is 0.0951. The predicted octanol–water partition coefficient (Wildman–Crippen LogP) is 3.05. The Hall–Kier alpha value is -0.540. The van der Waals surface area contributed by atoms with Crippen molar-refractivity contribution in [2.24, 2.45) is 5.92 Å². The first-order valence-corrected chi connectivity index (χ1v) is 6.44. The lowest BCUT2D eigenvalue weighted by atomic mass is 10.1. The van der Waals surface area contributed by atoms with Crippen LogP contribution >= 0.6 is 22.9 Å². The zero-order valence-corrected chi connectivity index (χ0v) is 10.6. The van der Waals surface area contributed by atoms with Gasteiger partial charge in [0.1, 0.15) is 0 Å². The minimum Gasteiger partial charge on any atom is -0.351 e. The second-order valence-corrected chi connectivity index (χ2v) is 5.02. The molecular weight excluding hydrogens is 230 g/mol. The molecule has 0 aliphatic rings. The molecule has 0 spiro atoms. The number of amides is 1. The fourth-order valence-electron chi connectivity index (χ4n) is 1.24. The van der Waals surface area contributed by atoms with Gasteiger partial charge in [0.2, 0.25) is 0 Å². The maximum Gasteiger partial charge on any atom is 0.261 e. The highest BCUT2D eigenvalue weighted by Gasteiger charge is 2.10. The van der Waals surface area contributed by atoms with Gasteiger partial charge in [-0.2, -0.15) is 0 Å². The van der Waals surface area contributed by atoms with Gasteiger partial charge in [-0.15, -0.1) is 22.9 Å². The molecule has 0 aliphatic carbocycles. The third kappa shape index (κ3) is 3.84. The summed E-state index contributed by atoms with van der Waals surface area (Å²) in [7, 11) is 0. The van der Waals surface area contributed by atoms with Crippen molar-refractivity contribution in [3.05, 3.63) is 21.9 Å². The summed E-state index contributed by atoms with van der Waals surface area (Å²) in [6.07, 6.45) is 0.936. The van der Waals surface area contributed by atoms with E-state index in [-0.39, 0.29) is 5.91 Å². The van der Waals surface area contributed by atoms with E-state index in [0.717, 1.165) is 16.9 Å². The third-order valence-electron chi connectivity index (χ3n) is 2.28. The molecule has 1 aromatic rings. The molecule has 0 aliphatic heterocycles. The number of halogens is 1. The average molecular weight is 246 g/mol. The fraction of sp³-hybridized carbons (Fsp3) is 0.545. The van der Waals surface area contributed by atoms with Crippen LogP contribution in [0, 0.1) is 12.8 Å². The summed E-state index contributed by atoms with van der Waals surface area (Å²) in [4.78, 5) is 12.5. The number of carbonyl (C=O) groups is 1. The van der Waals surface area contributed by atoms with Gasteiger partial charge in [0, 0.05) is 12.4 Å². The Morgan fingerprint density at radius 2 is 2.40 bits per heavy atom. The Balaban J connectivity index is 2.40. The number of thiophene rings is 1. The first-order chi connectivity index (χ1) is 7.15. The lowest BCUT2D eigenvalue weighted by Gasteiger charge is -2.10. The second kappa shape index (κ2) is 6.13. The number of hydrogen-bond acceptors (Lipinski definition) is 2. The van der Waals surface area contributed by atoms with E-state index in [0.29, 0.717) is 18.3 Å². The van der Waals surface area contributed by atoms with E-state index in [1.807, 2.05) is 18.4 Å². The molecule has 1 aromatic heterocycles. The molecule has 1 heterocycles. The molecular formula is C11H16ClNOS. The molecule has 4 heteroatoms. The van der Waals surface area contributed by atoms with E-state index in [9.17, 15) is 4.79 Å². The van der Waals surface area contributed by atoms with Gasteiger partial charge < -0.3 is 5.32 Å². The third-order valence-corrected chi connectivity index (χ3v) is 3.51. The molecule has 0 bridgehead atoms. The van der Waals surface area contributed by atoms with Crippen molar-refractivity contribution in [1.82, 2.24) is 5.32 Å². The van der Waals surface area contributed by atoms with Crippen LogP contribution in [0.4, 0.5) is 0 Å². The zero-order valence-electron chi connectivity index (χ0n) is 9.05. The Morgan fingerprint density at radius 3 is 2.93 bits per heavy atom. The van der Waals surface area contributed by atoms with Crippen molar-refractivity contribution in [1.29, 1.82) is 0 Å². The Kier molecular flexibility index (Phi) is 5.12. The van der Waals surface area contributed by atoms with Crippen molar-refractivity contribution in [2.75, 3.05) is 12.4 Å². The van der Waals surface area contributed by atoms with Crippen LogP contribution in [-0.4, -0.2) is 18.3 Å². The predicted molar refractivity (Wildman–Crippen MR) is 65.9 cm³/mol. The van der Waals surface area contributed by atoms with E-state index in [1.54, 1.807) is 0 Å². The molecule has 1 rings (SSSR count). The van der Waals surface area contributed by atoms with Gasteiger partial charge >= 0.3 is 0 Å². The first kappa shape index (κ1) is 12.5. The largest absolute Gasteiger partial charge is 0.351 e. The van der Waals surface area contributed by atoms with Crippen molar-refractivity contribution >= 4 is 28.8 Å². The summed E-state index contributed by atoms with van der Waals surface area (Å²) >= 11 is 7.11. The van der Waals surface area contributed by atoms with Crippen LogP contribution in [0.25, 0.3) is 0 Å². The van der Waals surface area contributed by atoms with Crippen molar-refractivity contribution in [3.63, 3.8) is 0 Å². The van der Waals surface area contributed by atoms with Gasteiger partial charge in [-0.1, -0.05) is 6.92 Å². The molecule has 0 aromatic carbocycles. The summed E-state index contributed by atoms with van der Waals surface area (Å²) in [6, 6.07) is 1.96. The summed E-state index contributed by atoms with van der Waals surface area (Å²) in [5.74, 6) is 1.12. The molecule has 84 valence electrons. The molecule has 0 radical (unpaired) electrons. The van der Waals surface area contributed by atoms with Gasteiger partial charge in [-0.25, -0.2) is 0 Å². The van der Waals surface area contributed by atoms with E-state index < -0.39 is 0 Å². The summed E-state index contributed by atoms with van der Waals surface area (Å²) in [6.45, 7) is 4.74. The Morgan fingerprint density at radius 1 is 1.67 bits per heavy atom. The topological polar surface area (TPSA) is 29.1 Å². The summed E-state index contributed by atoms with van der Waals surface area (Å²) < 4.78 is 0. The minimum absolute atomic E-state index is 0.0314. The van der Waals surface area contributed by atoms with Crippen molar-refractivity contribution < 1.29 is 4.79 Å². The van der Waals surface area contributed by atoms with Crippen LogP contribution in [0.5, 0.6) is 0 Å². The van der Waals surface area contributed by atoms with E-state index >= 15 is 0 Å². The normalized spacial score (nSPS) is 12.5. The number of aryl methyl sites for hydroxylation is 1. The standard InChI is InChI=1S/C11H16ClNOS/c1-8(3-5-12)7-13-11(14)10-9(2)4-6-15-10/h4,6,8H,3,5,7H2,1-2H3,(H,13,14). The summed E-state index contributed by atoms with van der Waals surface area (Å²) in [5.41, 5.74) is 1.04. The highest BCUT2D eigenvalue weighted by Crippen LogP contribution is 2.15. The van der Waals surface area contributed by atoms with Crippen LogP contribution in [0.3, 0.4) is 0 Å². The highest BCUT2D eigenvalue weighted by atomic mass is 35.5. The van der Waals surface area contributed by atoms with Crippen molar-refractivity contribution in [2.45, 2.75) is 20.3 Å². The molecule has 1 N–H and O–H groups in total. The van der Waals surface area contributed by atoms with E-state index in [1.165, 1.54) is 11.3 Å². The van der Waals surface area contributed by atoms with Crippen LogP contribution < -0.4 is 5.32 Å². The fourth-order valence-corrected chi connectivity index (χ4v) is 2.45. The first-order valence-electron chi connectivity index (χ1n) is 5.03. The van der Waals surface area contributed by atoms with Crippen LogP contribution in [-0.2, 0) is 0 Å². The quantitative estimate of drug-likeness (QED) is 0.794. The SMILES string of the molecule is Cc1ccsc1C(=O)NCC(C)CCCl. The van der Waals surface area contributed by atoms with Gasteiger partial charge in [0.05, 0.1) is 4.88 Å². The number of alkyl halides is 1. The maximum atomic E-state index is 11.7. The lowest BCUT2D eigenvalue weighted by Crippen LogP contribution is -2.28. The van der Waals surface area contributed by atoms with Crippen LogP contribution in [0.2, 0.25) is 0 Å². The van der Waals surface area contributed by atoms with Gasteiger partial charge in [-0.3, -0.25) is 4.79 Å². The molecule has 0 saturated carbocycles. The van der Waals surface area contributed by atoms with Gasteiger partial charge in [0.25, 0.3) is 5.91 Å². The minimum atomic E-state index is 0.0314.